The van der Waals surface area contributed by atoms with E-state index in [1.165, 1.54) is 4.90 Å². The van der Waals surface area contributed by atoms with Gasteiger partial charge in [-0.3, -0.25) is 14.5 Å². The summed E-state index contributed by atoms with van der Waals surface area (Å²) < 4.78 is 5.26. The number of nitrogens with two attached hydrogens (primary N) is 1. The second-order valence-corrected chi connectivity index (χ2v) is 6.43. The summed E-state index contributed by atoms with van der Waals surface area (Å²) in [5, 5.41) is 3.99. The van der Waals surface area contributed by atoms with Gasteiger partial charge in [-0.25, -0.2) is 0 Å². The lowest BCUT2D eigenvalue weighted by molar-refractivity contribution is 0.0653. The molecule has 2 aromatic rings. The third-order valence-electron chi connectivity index (χ3n) is 4.84. The molecule has 124 valence electrons. The van der Waals surface area contributed by atoms with Crippen LogP contribution in [-0.4, -0.2) is 33.4 Å². The van der Waals surface area contributed by atoms with Crippen molar-refractivity contribution in [2.75, 3.05) is 6.54 Å². The molecule has 2 N–H and O–H groups in total. The van der Waals surface area contributed by atoms with Crippen LogP contribution < -0.4 is 5.73 Å². The summed E-state index contributed by atoms with van der Waals surface area (Å²) in [5.41, 5.74) is 6.70. The van der Waals surface area contributed by atoms with E-state index in [4.69, 9.17) is 10.3 Å². The molecule has 0 radical (unpaired) electrons. The number of benzene rings is 1. The van der Waals surface area contributed by atoms with Gasteiger partial charge in [0.15, 0.2) is 5.82 Å². The minimum atomic E-state index is -0.503. The first-order chi connectivity index (χ1) is 11.6. The molecule has 2 heterocycles. The van der Waals surface area contributed by atoms with Crippen LogP contribution in [0.5, 0.6) is 0 Å². The van der Waals surface area contributed by atoms with Crippen LogP contribution in [0.1, 0.15) is 58.1 Å². The first-order valence-electron chi connectivity index (χ1n) is 8.16. The summed E-state index contributed by atoms with van der Waals surface area (Å²) in [6.07, 6.45) is 4.16. The molecule has 1 aliphatic carbocycles. The van der Waals surface area contributed by atoms with Crippen LogP contribution in [0.25, 0.3) is 0 Å². The first-order valence-corrected chi connectivity index (χ1v) is 8.16. The fourth-order valence-electron chi connectivity index (χ4n) is 3.44. The summed E-state index contributed by atoms with van der Waals surface area (Å²) in [6, 6.07) is 6.83. The number of hydrogen-bond acceptors (Lipinski definition) is 6. The fraction of sp³-hybridized carbons (Fsp3) is 0.412. The van der Waals surface area contributed by atoms with Crippen LogP contribution in [0.4, 0.5) is 0 Å². The van der Waals surface area contributed by atoms with Gasteiger partial charge >= 0.3 is 0 Å². The zero-order valence-corrected chi connectivity index (χ0v) is 13.2. The van der Waals surface area contributed by atoms with Gasteiger partial charge in [0.2, 0.25) is 5.89 Å². The van der Waals surface area contributed by atoms with Crippen molar-refractivity contribution >= 4 is 11.8 Å². The summed E-state index contributed by atoms with van der Waals surface area (Å²) in [6.45, 7) is 0.214. The minimum Gasteiger partial charge on any atom is -0.339 e. The molecule has 1 saturated carbocycles. The Balaban J connectivity index is 1.46. The van der Waals surface area contributed by atoms with Gasteiger partial charge in [0, 0.05) is 13.0 Å². The van der Waals surface area contributed by atoms with Gasteiger partial charge in [-0.15, -0.1) is 0 Å². The van der Waals surface area contributed by atoms with Gasteiger partial charge in [-0.1, -0.05) is 30.1 Å². The number of carbonyl (C=O) groups excluding carboxylic acids is 2. The van der Waals surface area contributed by atoms with Crippen molar-refractivity contribution < 1.29 is 14.1 Å². The predicted octanol–water partition coefficient (Wildman–Crippen LogP) is 1.64. The Morgan fingerprint density at radius 1 is 1.12 bits per heavy atom. The molecule has 2 aliphatic rings. The molecule has 0 saturated heterocycles. The molecule has 7 nitrogen and oxygen atoms in total. The van der Waals surface area contributed by atoms with Crippen molar-refractivity contribution in [1.82, 2.24) is 15.0 Å². The second kappa shape index (κ2) is 5.52. The maximum Gasteiger partial charge on any atom is 0.261 e. The zero-order chi connectivity index (χ0) is 16.7. The molecule has 1 aliphatic heterocycles. The Bertz CT molecular complexity index is 773. The molecule has 1 aromatic heterocycles. The molecule has 2 amide bonds. The molecule has 1 aromatic carbocycles. The Kier molecular flexibility index (Phi) is 3.45. The summed E-state index contributed by atoms with van der Waals surface area (Å²) >= 11 is 0. The number of rotatable bonds is 4. The third kappa shape index (κ3) is 2.32. The van der Waals surface area contributed by atoms with Crippen molar-refractivity contribution in [2.45, 2.75) is 37.6 Å². The molecule has 0 unspecified atom stereocenters. The lowest BCUT2D eigenvalue weighted by Crippen LogP contribution is -2.34. The number of carbonyl (C=O) groups is 2. The largest absolute Gasteiger partial charge is 0.339 e. The van der Waals surface area contributed by atoms with E-state index in [0.29, 0.717) is 29.3 Å². The zero-order valence-electron chi connectivity index (χ0n) is 13.2. The van der Waals surface area contributed by atoms with Crippen molar-refractivity contribution in [1.29, 1.82) is 0 Å². The molecule has 24 heavy (non-hydrogen) atoms. The maximum atomic E-state index is 12.3. The highest BCUT2D eigenvalue weighted by molar-refractivity contribution is 6.21. The van der Waals surface area contributed by atoms with Crippen molar-refractivity contribution in [3.05, 3.63) is 47.1 Å². The highest BCUT2D eigenvalue weighted by Crippen LogP contribution is 2.34. The average molecular weight is 326 g/mol. The van der Waals surface area contributed by atoms with E-state index >= 15 is 0 Å². The molecular weight excluding hydrogens is 308 g/mol. The van der Waals surface area contributed by atoms with E-state index in [9.17, 15) is 9.59 Å². The lowest BCUT2D eigenvalue weighted by atomic mass is 9.99. The van der Waals surface area contributed by atoms with E-state index in [0.717, 1.165) is 25.7 Å². The van der Waals surface area contributed by atoms with Gasteiger partial charge in [0.25, 0.3) is 11.8 Å². The molecule has 4 rings (SSSR count). The van der Waals surface area contributed by atoms with E-state index in [1.807, 2.05) is 0 Å². The van der Waals surface area contributed by atoms with Crippen LogP contribution >= 0.6 is 0 Å². The molecular formula is C17H18N4O3. The normalized spacial score (nSPS) is 19.1. The van der Waals surface area contributed by atoms with Crippen LogP contribution in [0.15, 0.2) is 28.8 Å². The molecule has 0 atom stereocenters. The smallest absolute Gasteiger partial charge is 0.261 e. The van der Waals surface area contributed by atoms with Gasteiger partial charge in [0.05, 0.1) is 16.7 Å². The Labute approximate surface area is 138 Å². The summed E-state index contributed by atoms with van der Waals surface area (Å²) in [4.78, 5) is 30.2. The monoisotopic (exact) mass is 326 g/mol. The van der Waals surface area contributed by atoms with E-state index in [2.05, 4.69) is 10.1 Å². The topological polar surface area (TPSA) is 102 Å². The van der Waals surface area contributed by atoms with Gasteiger partial charge in [-0.2, -0.15) is 4.98 Å². The summed E-state index contributed by atoms with van der Waals surface area (Å²) in [7, 11) is 0. The number of fused-ring (bicyclic) bond motifs is 1. The molecule has 7 heteroatoms. The predicted molar refractivity (Wildman–Crippen MR) is 84.1 cm³/mol. The number of imide groups is 1. The maximum absolute atomic E-state index is 12.3. The molecule has 0 bridgehead atoms. The van der Waals surface area contributed by atoms with Crippen molar-refractivity contribution in [2.24, 2.45) is 5.73 Å². The van der Waals surface area contributed by atoms with Crippen molar-refractivity contribution in [3.8, 4) is 0 Å². The van der Waals surface area contributed by atoms with Crippen LogP contribution in [-0.2, 0) is 12.0 Å². The van der Waals surface area contributed by atoms with Gasteiger partial charge in [0.1, 0.15) is 0 Å². The SMILES string of the molecule is NC1(c2noc(CCN3C(=O)c4ccccc4C3=O)n2)CCCC1. The Hall–Kier alpha value is -2.54. The van der Waals surface area contributed by atoms with Crippen molar-refractivity contribution in [3.63, 3.8) is 0 Å². The number of aromatic nitrogens is 2. The van der Waals surface area contributed by atoms with E-state index in [-0.39, 0.29) is 18.4 Å². The van der Waals surface area contributed by atoms with Gasteiger partial charge < -0.3 is 10.3 Å². The number of hydrogen-bond donors (Lipinski definition) is 1. The summed E-state index contributed by atoms with van der Waals surface area (Å²) in [5.74, 6) is 0.374. The molecule has 1 fully saturated rings. The highest BCUT2D eigenvalue weighted by atomic mass is 16.5. The van der Waals surface area contributed by atoms with E-state index < -0.39 is 5.54 Å². The van der Waals surface area contributed by atoms with Gasteiger partial charge in [-0.05, 0) is 25.0 Å². The molecule has 0 spiro atoms. The standard InChI is InChI=1S/C17H18N4O3/c18-17(8-3-4-9-17)16-19-13(24-20-16)7-10-21-14(22)11-5-1-2-6-12(11)15(21)23/h1-2,5-6H,3-4,7-10,18H2. The number of nitrogens with zero attached hydrogens (tertiary/aromatic N) is 3. The minimum absolute atomic E-state index is 0.214. The van der Waals surface area contributed by atoms with Crippen LogP contribution in [0, 0.1) is 0 Å². The van der Waals surface area contributed by atoms with Crippen LogP contribution in [0.2, 0.25) is 0 Å². The second-order valence-electron chi connectivity index (χ2n) is 6.43. The Morgan fingerprint density at radius 2 is 1.75 bits per heavy atom. The fourth-order valence-corrected chi connectivity index (χ4v) is 3.44. The van der Waals surface area contributed by atoms with E-state index in [1.54, 1.807) is 24.3 Å². The quantitative estimate of drug-likeness (QED) is 0.857. The highest BCUT2D eigenvalue weighted by Gasteiger charge is 2.37. The number of amides is 2. The Morgan fingerprint density at radius 3 is 2.38 bits per heavy atom. The lowest BCUT2D eigenvalue weighted by Gasteiger charge is -2.17. The van der Waals surface area contributed by atoms with Crippen LogP contribution in [0.3, 0.4) is 0 Å². The first kappa shape index (κ1) is 15.0. The third-order valence-corrected chi connectivity index (χ3v) is 4.84. The average Bonchev–Trinajstić information content (AvgIpc) is 3.29.